The van der Waals surface area contributed by atoms with E-state index in [1.54, 1.807) is 14.0 Å². The molecule has 0 aliphatic carbocycles. The first kappa shape index (κ1) is 19.1. The second kappa shape index (κ2) is 7.28. The van der Waals surface area contributed by atoms with Gasteiger partial charge >= 0.3 is 0 Å². The van der Waals surface area contributed by atoms with Gasteiger partial charge in [-0.2, -0.15) is 5.10 Å². The Morgan fingerprint density at radius 3 is 2.41 bits per heavy atom. The van der Waals surface area contributed by atoms with E-state index in [9.17, 15) is 4.79 Å². The predicted molar refractivity (Wildman–Crippen MR) is 115 cm³/mol. The third-order valence-electron chi connectivity index (χ3n) is 5.33. The lowest BCUT2D eigenvalue weighted by Crippen LogP contribution is -2.22. The summed E-state index contributed by atoms with van der Waals surface area (Å²) in [4.78, 5) is 21.6. The maximum atomic E-state index is 12.1. The van der Waals surface area contributed by atoms with Crippen LogP contribution in [-0.2, 0) is 7.05 Å². The van der Waals surface area contributed by atoms with Crippen LogP contribution >= 0.6 is 0 Å². The van der Waals surface area contributed by atoms with Crippen molar-refractivity contribution in [2.45, 2.75) is 39.7 Å². The monoisotopic (exact) mass is 387 g/mol. The molecule has 0 bridgehead atoms. The van der Waals surface area contributed by atoms with Gasteiger partial charge in [-0.15, -0.1) is 0 Å². The highest BCUT2D eigenvalue weighted by Gasteiger charge is 2.21. The van der Waals surface area contributed by atoms with Crippen molar-refractivity contribution in [2.75, 3.05) is 0 Å². The molecule has 0 radical (unpaired) electrons. The van der Waals surface area contributed by atoms with Gasteiger partial charge in [0.15, 0.2) is 5.82 Å². The molecule has 0 spiro atoms. The van der Waals surface area contributed by atoms with Crippen LogP contribution in [0.1, 0.15) is 49.6 Å². The minimum atomic E-state index is -0.101. The molecule has 6 heteroatoms. The molecular formula is C23H25N5O. The van der Waals surface area contributed by atoms with Crippen molar-refractivity contribution in [3.05, 3.63) is 75.8 Å². The number of benzene rings is 1. The molecule has 6 nitrogen and oxygen atoms in total. The zero-order valence-corrected chi connectivity index (χ0v) is 17.4. The van der Waals surface area contributed by atoms with E-state index in [-0.39, 0.29) is 11.6 Å². The molecule has 0 fully saturated rings. The fraction of sp³-hybridized carbons (Fsp3) is 0.304. The van der Waals surface area contributed by atoms with E-state index in [0.717, 1.165) is 22.6 Å². The molecule has 0 N–H and O–H groups in total. The summed E-state index contributed by atoms with van der Waals surface area (Å²) in [5.41, 5.74) is 5.26. The van der Waals surface area contributed by atoms with Gasteiger partial charge in [-0.3, -0.25) is 9.78 Å². The molecule has 3 aromatic heterocycles. The normalized spacial score (nSPS) is 12.6. The zero-order valence-electron chi connectivity index (χ0n) is 17.4. The van der Waals surface area contributed by atoms with E-state index in [1.165, 1.54) is 10.2 Å². The van der Waals surface area contributed by atoms with Crippen LogP contribution in [0.15, 0.2) is 53.5 Å². The second-order valence-electron chi connectivity index (χ2n) is 7.79. The number of pyridine rings is 1. The average molecular weight is 387 g/mol. The van der Waals surface area contributed by atoms with Crippen LogP contribution in [-0.4, -0.2) is 24.3 Å². The number of hydrogen-bond acceptors (Lipinski definition) is 4. The van der Waals surface area contributed by atoms with Gasteiger partial charge in [-0.25, -0.2) is 9.67 Å². The summed E-state index contributed by atoms with van der Waals surface area (Å²) in [5.74, 6) is 1.05. The van der Waals surface area contributed by atoms with Crippen LogP contribution < -0.4 is 5.56 Å². The molecule has 0 aliphatic rings. The van der Waals surface area contributed by atoms with Crippen molar-refractivity contribution >= 4 is 11.0 Å². The van der Waals surface area contributed by atoms with E-state index in [1.807, 2.05) is 30.5 Å². The first-order valence-electron chi connectivity index (χ1n) is 9.85. The van der Waals surface area contributed by atoms with E-state index in [0.29, 0.717) is 17.2 Å². The van der Waals surface area contributed by atoms with Crippen molar-refractivity contribution in [1.82, 2.24) is 24.3 Å². The highest BCUT2D eigenvalue weighted by Crippen LogP contribution is 2.31. The fourth-order valence-corrected chi connectivity index (χ4v) is 3.65. The summed E-state index contributed by atoms with van der Waals surface area (Å²) in [6.07, 6.45) is 1.83. The molecule has 0 saturated carbocycles. The maximum absolute atomic E-state index is 12.1. The molecule has 1 aromatic carbocycles. The number of nitrogens with zero attached hydrogens (tertiary/aromatic N) is 5. The quantitative estimate of drug-likeness (QED) is 0.525. The van der Waals surface area contributed by atoms with Gasteiger partial charge in [0.1, 0.15) is 11.2 Å². The number of aromatic nitrogens is 5. The molecule has 4 rings (SSSR count). The van der Waals surface area contributed by atoms with Crippen molar-refractivity contribution in [3.63, 3.8) is 0 Å². The van der Waals surface area contributed by atoms with Crippen LogP contribution in [0.5, 0.6) is 0 Å². The van der Waals surface area contributed by atoms with E-state index in [2.05, 4.69) is 53.6 Å². The molecule has 1 unspecified atom stereocenters. The molecule has 0 amide bonds. The van der Waals surface area contributed by atoms with Gasteiger partial charge < -0.3 is 4.57 Å². The molecule has 0 saturated heterocycles. The minimum Gasteiger partial charge on any atom is -0.315 e. The van der Waals surface area contributed by atoms with Gasteiger partial charge in [-0.1, -0.05) is 44.2 Å². The number of rotatable bonds is 4. The first-order chi connectivity index (χ1) is 13.9. The van der Waals surface area contributed by atoms with Crippen LogP contribution in [0.4, 0.5) is 0 Å². The van der Waals surface area contributed by atoms with E-state index in [4.69, 9.17) is 4.98 Å². The summed E-state index contributed by atoms with van der Waals surface area (Å²) in [5, 5.41) is 4.49. The van der Waals surface area contributed by atoms with Crippen molar-refractivity contribution in [1.29, 1.82) is 0 Å². The number of hydrogen-bond donors (Lipinski definition) is 0. The molecule has 4 aromatic rings. The second-order valence-corrected chi connectivity index (χ2v) is 7.79. The molecule has 0 aliphatic heterocycles. The topological polar surface area (TPSA) is 65.6 Å². The van der Waals surface area contributed by atoms with Crippen LogP contribution in [0.25, 0.3) is 22.6 Å². The zero-order chi connectivity index (χ0) is 20.7. The maximum Gasteiger partial charge on any atom is 0.269 e. The summed E-state index contributed by atoms with van der Waals surface area (Å²) < 4.78 is 3.57. The molecular weight excluding hydrogens is 362 g/mol. The van der Waals surface area contributed by atoms with Gasteiger partial charge in [0.2, 0.25) is 0 Å². The van der Waals surface area contributed by atoms with E-state index >= 15 is 0 Å². The largest absolute Gasteiger partial charge is 0.315 e. The molecule has 3 heterocycles. The number of fused-ring (bicyclic) bond motifs is 1. The SMILES string of the molecule is Cc1cc(-c2nc3cnc(C(C)C)cc3n2C(C)c2ccccc2)nn(C)c1=O. The molecule has 29 heavy (non-hydrogen) atoms. The van der Waals surface area contributed by atoms with Gasteiger partial charge in [0, 0.05) is 18.3 Å². The predicted octanol–water partition coefficient (Wildman–Crippen LogP) is 4.23. The Balaban J connectivity index is 2.02. The van der Waals surface area contributed by atoms with Crippen molar-refractivity contribution < 1.29 is 0 Å². The third kappa shape index (κ3) is 3.35. The Hall–Kier alpha value is -3.28. The Morgan fingerprint density at radius 2 is 1.76 bits per heavy atom. The Labute approximate surface area is 169 Å². The third-order valence-corrected chi connectivity index (χ3v) is 5.33. The van der Waals surface area contributed by atoms with Crippen LogP contribution in [0.2, 0.25) is 0 Å². The number of imidazole rings is 1. The van der Waals surface area contributed by atoms with Crippen molar-refractivity contribution in [2.24, 2.45) is 7.05 Å². The van der Waals surface area contributed by atoms with Crippen LogP contribution in [0.3, 0.4) is 0 Å². The van der Waals surface area contributed by atoms with Gasteiger partial charge in [0.05, 0.1) is 17.8 Å². The average Bonchev–Trinajstić information content (AvgIpc) is 3.10. The lowest BCUT2D eigenvalue weighted by Gasteiger charge is -2.19. The van der Waals surface area contributed by atoms with Gasteiger partial charge in [0.25, 0.3) is 5.56 Å². The summed E-state index contributed by atoms with van der Waals surface area (Å²) in [6.45, 7) is 8.23. The minimum absolute atomic E-state index is 0.0398. The standard InChI is InChI=1S/C23H25N5O/c1-14(2)18-12-21-20(13-24-18)25-22(19-11-15(3)23(29)27(5)26-19)28(21)16(4)17-9-7-6-8-10-17/h6-14,16H,1-5H3. The van der Waals surface area contributed by atoms with Crippen molar-refractivity contribution in [3.8, 4) is 11.5 Å². The smallest absolute Gasteiger partial charge is 0.269 e. The summed E-state index contributed by atoms with van der Waals surface area (Å²) in [7, 11) is 1.67. The lowest BCUT2D eigenvalue weighted by molar-refractivity contribution is 0.652. The highest BCUT2D eigenvalue weighted by molar-refractivity contribution is 5.80. The van der Waals surface area contributed by atoms with E-state index < -0.39 is 0 Å². The first-order valence-corrected chi connectivity index (χ1v) is 9.85. The Morgan fingerprint density at radius 1 is 1.03 bits per heavy atom. The summed E-state index contributed by atoms with van der Waals surface area (Å²) in [6, 6.07) is 14.3. The molecule has 148 valence electrons. The fourth-order valence-electron chi connectivity index (χ4n) is 3.65. The van der Waals surface area contributed by atoms with Crippen LogP contribution in [0, 0.1) is 6.92 Å². The van der Waals surface area contributed by atoms with Gasteiger partial charge in [-0.05, 0) is 37.5 Å². The lowest BCUT2D eigenvalue weighted by atomic mass is 10.1. The number of aryl methyl sites for hydroxylation is 2. The highest BCUT2D eigenvalue weighted by atomic mass is 16.1. The Kier molecular flexibility index (Phi) is 4.78. The summed E-state index contributed by atoms with van der Waals surface area (Å²) >= 11 is 0. The Bertz CT molecular complexity index is 1210. The molecule has 1 atom stereocenters.